The minimum atomic E-state index is -1.16. The van der Waals surface area contributed by atoms with Gasteiger partial charge in [0.1, 0.15) is 17.6 Å². The Hall–Kier alpha value is -1.67. The number of aromatic nitrogens is 2. The maximum Gasteiger partial charge on any atom is 1.00 e. The number of hydrogen-bond acceptors (Lipinski definition) is 6. The first-order valence-corrected chi connectivity index (χ1v) is 7.43. The van der Waals surface area contributed by atoms with Crippen LogP contribution in [-0.2, 0) is 13.0 Å². The Balaban J connectivity index is 0.00000208. The van der Waals surface area contributed by atoms with Gasteiger partial charge in [0, 0.05) is 6.54 Å². The van der Waals surface area contributed by atoms with Crippen LogP contribution in [0.4, 0.5) is 5.82 Å². The first-order chi connectivity index (χ1) is 11.1. The van der Waals surface area contributed by atoms with E-state index in [9.17, 15) is 15.0 Å². The van der Waals surface area contributed by atoms with Gasteiger partial charge in [0.2, 0.25) is 0 Å². The number of benzene rings is 1. The molecule has 1 atom stereocenters. The third kappa shape index (κ3) is 4.24. The van der Waals surface area contributed by atoms with E-state index in [1.165, 1.54) is 6.07 Å². The Kier molecular flexibility index (Phi) is 6.56. The minimum absolute atomic E-state index is 0. The first kappa shape index (κ1) is 18.7. The Bertz CT molecular complexity index is 745. The Morgan fingerprint density at radius 1 is 1.46 bits per heavy atom. The van der Waals surface area contributed by atoms with Crippen molar-refractivity contribution in [1.29, 1.82) is 0 Å². The van der Waals surface area contributed by atoms with Crippen LogP contribution in [0.5, 0.6) is 0 Å². The van der Waals surface area contributed by atoms with Gasteiger partial charge >= 0.3 is 29.6 Å². The van der Waals surface area contributed by atoms with Crippen molar-refractivity contribution in [2.45, 2.75) is 25.5 Å². The number of anilines is 1. The standard InChI is InChI=1S/C16H18N4O3.Na/c21-13-8-17-9-18-15-14(13)19-10-20(15)6-2-4-11-3-1-5-12(7-11)16(22)23;/h1,3,5,7,9-10,13,21H,2,4,6,8H2,(H,17,18)(H,22,23);/q;+1/p-1. The van der Waals surface area contributed by atoms with E-state index in [2.05, 4.69) is 15.3 Å². The summed E-state index contributed by atoms with van der Waals surface area (Å²) in [6.07, 6.45) is 4.12. The molecule has 0 radical (unpaired) electrons. The fraction of sp³-hybridized carbons (Fsp3) is 0.312. The zero-order valence-corrected chi connectivity index (χ0v) is 15.5. The summed E-state index contributed by atoms with van der Waals surface area (Å²) in [6.45, 7) is 0.998. The molecule has 1 unspecified atom stereocenters. The number of aromatic carboxylic acids is 1. The summed E-state index contributed by atoms with van der Waals surface area (Å²) in [6, 6.07) is 6.78. The number of nitrogens with one attached hydrogen (secondary N) is 1. The molecule has 0 spiro atoms. The van der Waals surface area contributed by atoms with Crippen molar-refractivity contribution >= 4 is 18.1 Å². The zero-order chi connectivity index (χ0) is 16.2. The molecule has 2 aromatic rings. The minimum Gasteiger partial charge on any atom is -0.545 e. The largest absolute Gasteiger partial charge is 1.00 e. The summed E-state index contributed by atoms with van der Waals surface area (Å²) in [5, 5.41) is 23.9. The van der Waals surface area contributed by atoms with E-state index in [0.717, 1.165) is 24.2 Å². The SMILES string of the molecule is O=C([O-])c1cccc(CCCn2cnc3c2NC=NCC3O)c1.[Na+]. The fourth-order valence-electron chi connectivity index (χ4n) is 2.62. The van der Waals surface area contributed by atoms with Gasteiger partial charge in [-0.05, 0) is 30.0 Å². The quantitative estimate of drug-likeness (QED) is 0.582. The van der Waals surface area contributed by atoms with E-state index in [0.29, 0.717) is 18.8 Å². The van der Waals surface area contributed by atoms with Gasteiger partial charge in [0.05, 0.1) is 25.2 Å². The van der Waals surface area contributed by atoms with Gasteiger partial charge in [-0.3, -0.25) is 4.99 Å². The smallest absolute Gasteiger partial charge is 0.545 e. The number of aliphatic hydroxyl groups is 1. The van der Waals surface area contributed by atoms with E-state index in [-0.39, 0.29) is 35.1 Å². The molecule has 1 aliphatic rings. The normalized spacial score (nSPS) is 15.8. The summed E-state index contributed by atoms with van der Waals surface area (Å²) in [5.41, 5.74) is 1.74. The molecule has 3 rings (SSSR count). The van der Waals surface area contributed by atoms with E-state index in [1.54, 1.807) is 24.8 Å². The molecule has 120 valence electrons. The van der Waals surface area contributed by atoms with E-state index < -0.39 is 12.1 Å². The number of aliphatic imine (C=N–C) groups is 1. The van der Waals surface area contributed by atoms with Crippen molar-refractivity contribution in [1.82, 2.24) is 9.55 Å². The van der Waals surface area contributed by atoms with Crippen molar-refractivity contribution in [2.24, 2.45) is 4.99 Å². The Labute approximate surface area is 161 Å². The number of carboxylic acids is 1. The average Bonchev–Trinajstić information content (AvgIpc) is 2.85. The second-order valence-electron chi connectivity index (χ2n) is 5.42. The van der Waals surface area contributed by atoms with Gasteiger partial charge in [-0.25, -0.2) is 4.98 Å². The Morgan fingerprint density at radius 3 is 3.08 bits per heavy atom. The molecule has 1 aliphatic heterocycles. The van der Waals surface area contributed by atoms with Crippen molar-refractivity contribution in [2.75, 3.05) is 11.9 Å². The first-order valence-electron chi connectivity index (χ1n) is 7.43. The zero-order valence-electron chi connectivity index (χ0n) is 13.5. The molecule has 1 aromatic carbocycles. The number of fused-ring (bicyclic) bond motifs is 1. The number of aliphatic hydroxyl groups excluding tert-OH is 1. The maximum atomic E-state index is 10.9. The number of carbonyl (C=O) groups excluding carboxylic acids is 1. The predicted octanol–water partition coefficient (Wildman–Crippen LogP) is -2.63. The number of rotatable bonds is 5. The number of nitrogens with zero attached hydrogens (tertiary/aromatic N) is 3. The van der Waals surface area contributed by atoms with Gasteiger partial charge in [-0.2, -0.15) is 0 Å². The van der Waals surface area contributed by atoms with E-state index >= 15 is 0 Å². The molecule has 0 saturated carbocycles. The monoisotopic (exact) mass is 336 g/mol. The van der Waals surface area contributed by atoms with Gasteiger partial charge in [0.15, 0.2) is 0 Å². The molecule has 24 heavy (non-hydrogen) atoms. The molecule has 0 amide bonds. The van der Waals surface area contributed by atoms with Crippen LogP contribution in [0.3, 0.4) is 0 Å². The molecule has 0 bridgehead atoms. The summed E-state index contributed by atoms with van der Waals surface area (Å²) in [4.78, 5) is 19.1. The number of imidazole rings is 1. The summed E-state index contributed by atoms with van der Waals surface area (Å²) < 4.78 is 1.93. The average molecular weight is 336 g/mol. The predicted molar refractivity (Wildman–Crippen MR) is 83.3 cm³/mol. The number of hydrogen-bond donors (Lipinski definition) is 2. The molecular formula is C16H17N4NaO3. The second-order valence-corrected chi connectivity index (χ2v) is 5.42. The van der Waals surface area contributed by atoms with Crippen LogP contribution in [0.15, 0.2) is 35.6 Å². The maximum absolute atomic E-state index is 10.9. The van der Waals surface area contributed by atoms with Crippen molar-refractivity contribution < 1.29 is 44.6 Å². The van der Waals surface area contributed by atoms with Crippen LogP contribution < -0.4 is 40.0 Å². The molecule has 7 nitrogen and oxygen atoms in total. The second kappa shape index (κ2) is 8.43. The van der Waals surface area contributed by atoms with Crippen LogP contribution >= 0.6 is 0 Å². The molecule has 2 heterocycles. The van der Waals surface area contributed by atoms with Crippen LogP contribution in [0.1, 0.15) is 34.1 Å². The molecule has 0 fully saturated rings. The molecule has 1 aromatic heterocycles. The van der Waals surface area contributed by atoms with Gasteiger partial charge < -0.3 is 24.9 Å². The van der Waals surface area contributed by atoms with E-state index in [1.807, 2.05) is 10.6 Å². The van der Waals surface area contributed by atoms with Gasteiger partial charge in [-0.1, -0.05) is 18.2 Å². The molecular weight excluding hydrogens is 319 g/mol. The molecule has 8 heteroatoms. The van der Waals surface area contributed by atoms with Gasteiger partial charge in [-0.15, -0.1) is 0 Å². The van der Waals surface area contributed by atoms with Crippen LogP contribution in [0.25, 0.3) is 0 Å². The van der Waals surface area contributed by atoms with Crippen molar-refractivity contribution in [3.8, 4) is 0 Å². The Morgan fingerprint density at radius 2 is 2.29 bits per heavy atom. The third-order valence-corrected chi connectivity index (χ3v) is 3.78. The van der Waals surface area contributed by atoms with Crippen LogP contribution in [0, 0.1) is 0 Å². The molecule has 0 aliphatic carbocycles. The number of aryl methyl sites for hydroxylation is 2. The third-order valence-electron chi connectivity index (χ3n) is 3.78. The number of carbonyl (C=O) groups is 1. The summed E-state index contributed by atoms with van der Waals surface area (Å²) >= 11 is 0. The van der Waals surface area contributed by atoms with Crippen LogP contribution in [0.2, 0.25) is 0 Å². The van der Waals surface area contributed by atoms with Crippen molar-refractivity contribution in [3.63, 3.8) is 0 Å². The summed E-state index contributed by atoms with van der Waals surface area (Å²) in [5.74, 6) is -0.411. The molecule has 0 saturated heterocycles. The van der Waals surface area contributed by atoms with E-state index in [4.69, 9.17) is 0 Å². The van der Waals surface area contributed by atoms with Gasteiger partial charge in [0.25, 0.3) is 0 Å². The van der Waals surface area contributed by atoms with Crippen molar-refractivity contribution in [3.05, 3.63) is 47.4 Å². The molecule has 2 N–H and O–H groups in total. The van der Waals surface area contributed by atoms with Crippen LogP contribution in [-0.4, -0.2) is 33.5 Å². The topological polar surface area (TPSA) is 103 Å². The fourth-order valence-corrected chi connectivity index (χ4v) is 2.62. The number of carboxylic acid groups (broad SMARTS) is 1. The summed E-state index contributed by atoms with van der Waals surface area (Å²) in [7, 11) is 0.